The van der Waals surface area contributed by atoms with Crippen molar-refractivity contribution in [3.63, 3.8) is 0 Å². The van der Waals surface area contributed by atoms with E-state index in [1.165, 1.54) is 0 Å². The van der Waals surface area contributed by atoms with Gasteiger partial charge in [0.2, 0.25) is 0 Å². The fourth-order valence-corrected chi connectivity index (χ4v) is 3.63. The fraction of sp³-hybridized carbons (Fsp3) is 0.391. The van der Waals surface area contributed by atoms with Gasteiger partial charge in [-0.3, -0.25) is 0 Å². The van der Waals surface area contributed by atoms with Crippen molar-refractivity contribution < 1.29 is 19.4 Å². The van der Waals surface area contributed by atoms with E-state index in [0.29, 0.717) is 31.7 Å². The molecule has 1 aliphatic rings. The SMILES string of the molecule is CC(C)(C)OC(=O)N1CCN(c2ccccc2C(=O)O)C[C@@H]1Cc1ccccc1. The monoisotopic (exact) mass is 396 g/mol. The minimum Gasteiger partial charge on any atom is -0.478 e. The first kappa shape index (κ1) is 20.7. The fourth-order valence-electron chi connectivity index (χ4n) is 3.63. The van der Waals surface area contributed by atoms with Crippen molar-refractivity contribution in [1.82, 2.24) is 4.90 Å². The summed E-state index contributed by atoms with van der Waals surface area (Å²) in [5.41, 5.74) is 1.51. The highest BCUT2D eigenvalue weighted by atomic mass is 16.6. The molecule has 2 aromatic carbocycles. The largest absolute Gasteiger partial charge is 0.478 e. The van der Waals surface area contributed by atoms with Gasteiger partial charge in [0, 0.05) is 19.6 Å². The molecule has 0 aromatic heterocycles. The minimum absolute atomic E-state index is 0.122. The van der Waals surface area contributed by atoms with E-state index in [0.717, 1.165) is 5.56 Å². The summed E-state index contributed by atoms with van der Waals surface area (Å²) in [6, 6.07) is 16.9. The predicted molar refractivity (Wildman–Crippen MR) is 112 cm³/mol. The number of carboxylic acid groups (broad SMARTS) is 1. The molecular weight excluding hydrogens is 368 g/mol. The highest BCUT2D eigenvalue weighted by molar-refractivity contribution is 5.94. The molecule has 1 fully saturated rings. The highest BCUT2D eigenvalue weighted by Crippen LogP contribution is 2.26. The zero-order chi connectivity index (χ0) is 21.0. The second-order valence-electron chi connectivity index (χ2n) is 8.29. The molecule has 0 radical (unpaired) electrons. The maximum atomic E-state index is 12.8. The number of carbonyl (C=O) groups is 2. The van der Waals surface area contributed by atoms with Crippen LogP contribution in [0.25, 0.3) is 0 Å². The molecule has 1 saturated heterocycles. The smallest absolute Gasteiger partial charge is 0.410 e. The summed E-state index contributed by atoms with van der Waals surface area (Å²) in [5.74, 6) is -0.949. The van der Waals surface area contributed by atoms with Crippen molar-refractivity contribution in [3.05, 3.63) is 65.7 Å². The van der Waals surface area contributed by atoms with Gasteiger partial charge >= 0.3 is 12.1 Å². The van der Waals surface area contributed by atoms with Gasteiger partial charge in [-0.25, -0.2) is 9.59 Å². The lowest BCUT2D eigenvalue weighted by molar-refractivity contribution is 0.0140. The first-order valence-corrected chi connectivity index (χ1v) is 9.85. The van der Waals surface area contributed by atoms with Gasteiger partial charge in [-0.1, -0.05) is 42.5 Å². The van der Waals surface area contributed by atoms with Crippen LogP contribution in [0.15, 0.2) is 54.6 Å². The quantitative estimate of drug-likeness (QED) is 0.844. The number of aromatic carboxylic acids is 1. The summed E-state index contributed by atoms with van der Waals surface area (Å²) in [7, 11) is 0. The molecule has 1 amide bonds. The molecule has 6 heteroatoms. The Kier molecular flexibility index (Phi) is 6.11. The van der Waals surface area contributed by atoms with Gasteiger partial charge < -0.3 is 19.6 Å². The van der Waals surface area contributed by atoms with Crippen molar-refractivity contribution in [2.45, 2.75) is 38.8 Å². The average molecular weight is 396 g/mol. The zero-order valence-electron chi connectivity index (χ0n) is 17.2. The van der Waals surface area contributed by atoms with Crippen molar-refractivity contribution in [2.75, 3.05) is 24.5 Å². The molecule has 0 bridgehead atoms. The number of carbonyl (C=O) groups excluding carboxylic acids is 1. The van der Waals surface area contributed by atoms with Gasteiger partial charge in [-0.15, -0.1) is 0 Å². The van der Waals surface area contributed by atoms with E-state index in [2.05, 4.69) is 4.90 Å². The standard InChI is InChI=1S/C23H28N2O4/c1-23(2,3)29-22(28)25-14-13-24(20-12-8-7-11-19(20)21(26)27)16-18(25)15-17-9-5-4-6-10-17/h4-12,18H,13-16H2,1-3H3,(H,26,27)/t18-/m0/s1. The number of amides is 1. The number of para-hydroxylation sites is 1. The van der Waals surface area contributed by atoms with Crippen LogP contribution in [0.2, 0.25) is 0 Å². The molecule has 3 rings (SSSR count). The Labute approximate surface area is 171 Å². The van der Waals surface area contributed by atoms with Crippen LogP contribution < -0.4 is 4.90 Å². The lowest BCUT2D eigenvalue weighted by Crippen LogP contribution is -2.57. The van der Waals surface area contributed by atoms with Crippen molar-refractivity contribution in [2.24, 2.45) is 0 Å². The molecule has 1 N–H and O–H groups in total. The van der Waals surface area contributed by atoms with Gasteiger partial charge in [-0.2, -0.15) is 0 Å². The molecule has 2 aromatic rings. The average Bonchev–Trinajstić information content (AvgIpc) is 2.67. The third-order valence-electron chi connectivity index (χ3n) is 4.90. The molecule has 1 atom stereocenters. The van der Waals surface area contributed by atoms with Crippen LogP contribution >= 0.6 is 0 Å². The Morgan fingerprint density at radius 3 is 2.34 bits per heavy atom. The highest BCUT2D eigenvalue weighted by Gasteiger charge is 2.34. The van der Waals surface area contributed by atoms with Crippen molar-refractivity contribution >= 4 is 17.7 Å². The third-order valence-corrected chi connectivity index (χ3v) is 4.90. The Balaban J connectivity index is 1.86. The predicted octanol–water partition coefficient (Wildman–Crippen LogP) is 4.05. The number of anilines is 1. The maximum Gasteiger partial charge on any atom is 0.410 e. The van der Waals surface area contributed by atoms with Crippen LogP contribution in [0, 0.1) is 0 Å². The number of hydrogen-bond acceptors (Lipinski definition) is 4. The number of piperazine rings is 1. The zero-order valence-corrected chi connectivity index (χ0v) is 17.2. The van der Waals surface area contributed by atoms with Gasteiger partial charge in [0.25, 0.3) is 0 Å². The van der Waals surface area contributed by atoms with E-state index >= 15 is 0 Å². The van der Waals surface area contributed by atoms with E-state index in [-0.39, 0.29) is 17.7 Å². The van der Waals surface area contributed by atoms with Gasteiger partial charge in [-0.05, 0) is 44.9 Å². The van der Waals surface area contributed by atoms with E-state index < -0.39 is 11.6 Å². The lowest BCUT2D eigenvalue weighted by Gasteiger charge is -2.43. The van der Waals surface area contributed by atoms with Crippen LogP contribution in [0.3, 0.4) is 0 Å². The Bertz CT molecular complexity index is 861. The number of nitrogens with zero attached hydrogens (tertiary/aromatic N) is 2. The molecule has 154 valence electrons. The van der Waals surface area contributed by atoms with E-state index in [9.17, 15) is 14.7 Å². The van der Waals surface area contributed by atoms with Crippen LogP contribution in [0.4, 0.5) is 10.5 Å². The van der Waals surface area contributed by atoms with Crippen LogP contribution in [-0.4, -0.2) is 53.3 Å². The van der Waals surface area contributed by atoms with Gasteiger partial charge in [0.05, 0.1) is 17.3 Å². The normalized spacial score (nSPS) is 17.1. The molecule has 0 saturated carbocycles. The summed E-state index contributed by atoms with van der Waals surface area (Å²) in [6.07, 6.45) is 0.343. The molecule has 0 unspecified atom stereocenters. The van der Waals surface area contributed by atoms with Crippen LogP contribution in [-0.2, 0) is 11.2 Å². The molecule has 29 heavy (non-hydrogen) atoms. The number of rotatable bonds is 4. The second kappa shape index (κ2) is 8.55. The summed E-state index contributed by atoms with van der Waals surface area (Å²) < 4.78 is 5.62. The first-order chi connectivity index (χ1) is 13.7. The van der Waals surface area contributed by atoms with Crippen molar-refractivity contribution in [3.8, 4) is 0 Å². The summed E-state index contributed by atoms with van der Waals surface area (Å²) in [6.45, 7) is 7.14. The Hall–Kier alpha value is -3.02. The molecular formula is C23H28N2O4. The molecule has 6 nitrogen and oxygen atoms in total. The van der Waals surface area contributed by atoms with Gasteiger partial charge in [0.15, 0.2) is 0 Å². The summed E-state index contributed by atoms with van der Waals surface area (Å²) in [5, 5.41) is 9.55. The lowest BCUT2D eigenvalue weighted by atomic mass is 10.0. The Morgan fingerprint density at radius 2 is 1.69 bits per heavy atom. The molecule has 1 heterocycles. The summed E-state index contributed by atoms with van der Waals surface area (Å²) >= 11 is 0. The molecule has 0 aliphatic carbocycles. The van der Waals surface area contributed by atoms with Crippen LogP contribution in [0.1, 0.15) is 36.7 Å². The van der Waals surface area contributed by atoms with E-state index in [1.807, 2.05) is 63.2 Å². The third kappa shape index (κ3) is 5.28. The van der Waals surface area contributed by atoms with Crippen molar-refractivity contribution in [1.29, 1.82) is 0 Å². The minimum atomic E-state index is -0.949. The maximum absolute atomic E-state index is 12.8. The topological polar surface area (TPSA) is 70.1 Å². The number of benzene rings is 2. The van der Waals surface area contributed by atoms with Gasteiger partial charge in [0.1, 0.15) is 5.60 Å². The summed E-state index contributed by atoms with van der Waals surface area (Å²) in [4.78, 5) is 28.3. The second-order valence-corrected chi connectivity index (χ2v) is 8.29. The number of ether oxygens (including phenoxy) is 1. The molecule has 1 aliphatic heterocycles. The van der Waals surface area contributed by atoms with Crippen LogP contribution in [0.5, 0.6) is 0 Å². The van der Waals surface area contributed by atoms with E-state index in [4.69, 9.17) is 4.74 Å². The first-order valence-electron chi connectivity index (χ1n) is 9.85. The number of carboxylic acids is 1. The molecule has 0 spiro atoms. The van der Waals surface area contributed by atoms with E-state index in [1.54, 1.807) is 17.0 Å². The number of hydrogen-bond donors (Lipinski definition) is 1. The Morgan fingerprint density at radius 1 is 1.03 bits per heavy atom.